The quantitative estimate of drug-likeness (QED) is 0.830. The molecule has 3 unspecified atom stereocenters. The Morgan fingerprint density at radius 3 is 2.87 bits per heavy atom. The van der Waals surface area contributed by atoms with Gasteiger partial charge in [0.25, 0.3) is 0 Å². The molecule has 15 heavy (non-hydrogen) atoms. The number of pyridine rings is 1. The Balaban J connectivity index is 2.29. The molecule has 1 fully saturated rings. The summed E-state index contributed by atoms with van der Waals surface area (Å²) >= 11 is 5.93. The van der Waals surface area contributed by atoms with Crippen LogP contribution < -0.4 is 11.1 Å². The lowest BCUT2D eigenvalue weighted by Gasteiger charge is -2.18. The van der Waals surface area contributed by atoms with Gasteiger partial charge in [-0.1, -0.05) is 18.5 Å². The lowest BCUT2D eigenvalue weighted by Crippen LogP contribution is -2.20. The van der Waals surface area contributed by atoms with Crippen molar-refractivity contribution < 1.29 is 0 Å². The molecule has 0 saturated heterocycles. The normalized spacial score (nSPS) is 26.3. The van der Waals surface area contributed by atoms with Gasteiger partial charge in [0.1, 0.15) is 5.82 Å². The zero-order valence-electron chi connectivity index (χ0n) is 9.00. The number of nitrogen functional groups attached to an aromatic ring is 1. The van der Waals surface area contributed by atoms with Gasteiger partial charge in [-0.05, 0) is 31.4 Å². The number of nitrogens with zero attached hydrogens (tertiary/aromatic N) is 1. The van der Waals surface area contributed by atoms with Gasteiger partial charge in [-0.25, -0.2) is 4.98 Å². The monoisotopic (exact) mass is 225 g/mol. The van der Waals surface area contributed by atoms with Gasteiger partial charge in [0.05, 0.1) is 5.02 Å². The SMILES string of the molecule is CNC(c1cc(Cl)cnc1N)C1CC1C. The highest BCUT2D eigenvalue weighted by Gasteiger charge is 2.40. The van der Waals surface area contributed by atoms with E-state index in [4.69, 9.17) is 17.3 Å². The Hall–Kier alpha value is -0.800. The third kappa shape index (κ3) is 2.08. The maximum Gasteiger partial charge on any atom is 0.128 e. The third-order valence-electron chi connectivity index (χ3n) is 3.16. The van der Waals surface area contributed by atoms with Crippen LogP contribution in [0.25, 0.3) is 0 Å². The second kappa shape index (κ2) is 3.99. The van der Waals surface area contributed by atoms with Gasteiger partial charge < -0.3 is 11.1 Å². The fourth-order valence-electron chi connectivity index (χ4n) is 2.13. The number of nitrogens with one attached hydrogen (secondary N) is 1. The van der Waals surface area contributed by atoms with Crippen LogP contribution in [0.4, 0.5) is 5.82 Å². The van der Waals surface area contributed by atoms with Gasteiger partial charge in [-0.15, -0.1) is 0 Å². The number of nitrogens with two attached hydrogens (primary N) is 1. The molecule has 1 aliphatic rings. The van der Waals surface area contributed by atoms with Gasteiger partial charge in [0.2, 0.25) is 0 Å². The Labute approximate surface area is 95.0 Å². The molecule has 1 aliphatic carbocycles. The number of aromatic nitrogens is 1. The highest BCUT2D eigenvalue weighted by Crippen LogP contribution is 2.47. The van der Waals surface area contributed by atoms with Crippen molar-refractivity contribution >= 4 is 17.4 Å². The molecule has 3 N–H and O–H groups in total. The first-order valence-corrected chi connectivity index (χ1v) is 5.59. The van der Waals surface area contributed by atoms with Crippen LogP contribution in [-0.4, -0.2) is 12.0 Å². The molecular formula is C11H16ClN3. The first kappa shape index (κ1) is 10.7. The summed E-state index contributed by atoms with van der Waals surface area (Å²) in [5.74, 6) is 2.01. The highest BCUT2D eigenvalue weighted by molar-refractivity contribution is 6.30. The first-order valence-electron chi connectivity index (χ1n) is 5.21. The van der Waals surface area contributed by atoms with Crippen LogP contribution in [0.15, 0.2) is 12.3 Å². The maximum atomic E-state index is 5.93. The molecule has 82 valence electrons. The summed E-state index contributed by atoms with van der Waals surface area (Å²) in [7, 11) is 1.95. The van der Waals surface area contributed by atoms with Crippen LogP contribution >= 0.6 is 11.6 Å². The van der Waals surface area contributed by atoms with Crippen LogP contribution in [-0.2, 0) is 0 Å². The van der Waals surface area contributed by atoms with Crippen molar-refractivity contribution in [3.8, 4) is 0 Å². The molecular weight excluding hydrogens is 210 g/mol. The Kier molecular flexibility index (Phi) is 2.85. The molecule has 3 atom stereocenters. The van der Waals surface area contributed by atoms with Crippen LogP contribution in [0.2, 0.25) is 5.02 Å². The minimum absolute atomic E-state index is 0.284. The fraction of sp³-hybridized carbons (Fsp3) is 0.545. The number of halogens is 1. The van der Waals surface area contributed by atoms with E-state index in [1.807, 2.05) is 13.1 Å². The van der Waals surface area contributed by atoms with Gasteiger partial charge in [-0.2, -0.15) is 0 Å². The Morgan fingerprint density at radius 1 is 1.67 bits per heavy atom. The van der Waals surface area contributed by atoms with Gasteiger partial charge in [-0.3, -0.25) is 0 Å². The molecule has 2 rings (SSSR count). The van der Waals surface area contributed by atoms with E-state index in [1.54, 1.807) is 6.20 Å². The van der Waals surface area contributed by atoms with Gasteiger partial charge >= 0.3 is 0 Å². The van der Waals surface area contributed by atoms with E-state index < -0.39 is 0 Å². The van der Waals surface area contributed by atoms with Crippen molar-refractivity contribution in [3.63, 3.8) is 0 Å². The molecule has 0 radical (unpaired) electrons. The number of hydrogen-bond acceptors (Lipinski definition) is 3. The Morgan fingerprint density at radius 2 is 2.33 bits per heavy atom. The lowest BCUT2D eigenvalue weighted by molar-refractivity contribution is 0.504. The number of anilines is 1. The van der Waals surface area contributed by atoms with Gasteiger partial charge in [0, 0.05) is 17.8 Å². The minimum Gasteiger partial charge on any atom is -0.383 e. The predicted octanol–water partition coefficient (Wildman–Crippen LogP) is 2.23. The first-order chi connectivity index (χ1) is 7.13. The molecule has 3 nitrogen and oxygen atoms in total. The van der Waals surface area contributed by atoms with Crippen molar-refractivity contribution in [3.05, 3.63) is 22.8 Å². The van der Waals surface area contributed by atoms with Crippen LogP contribution in [0.5, 0.6) is 0 Å². The van der Waals surface area contributed by atoms with E-state index in [0.717, 1.165) is 11.5 Å². The minimum atomic E-state index is 0.284. The smallest absolute Gasteiger partial charge is 0.128 e. The zero-order chi connectivity index (χ0) is 11.0. The maximum absolute atomic E-state index is 5.93. The highest BCUT2D eigenvalue weighted by atomic mass is 35.5. The average molecular weight is 226 g/mol. The van der Waals surface area contributed by atoms with Crippen molar-refractivity contribution in [2.45, 2.75) is 19.4 Å². The molecule has 0 aliphatic heterocycles. The van der Waals surface area contributed by atoms with E-state index in [2.05, 4.69) is 17.2 Å². The molecule has 4 heteroatoms. The van der Waals surface area contributed by atoms with Crippen LogP contribution in [0.3, 0.4) is 0 Å². The summed E-state index contributed by atoms with van der Waals surface area (Å²) in [6.45, 7) is 2.25. The zero-order valence-corrected chi connectivity index (χ0v) is 9.75. The van der Waals surface area contributed by atoms with Crippen molar-refractivity contribution in [1.82, 2.24) is 10.3 Å². The van der Waals surface area contributed by atoms with E-state index in [0.29, 0.717) is 16.8 Å². The molecule has 1 heterocycles. The van der Waals surface area contributed by atoms with E-state index in [1.165, 1.54) is 6.42 Å². The number of rotatable bonds is 3. The molecule has 1 aromatic heterocycles. The average Bonchev–Trinajstić information content (AvgIpc) is 2.90. The molecule has 0 spiro atoms. The third-order valence-corrected chi connectivity index (χ3v) is 3.37. The summed E-state index contributed by atoms with van der Waals surface area (Å²) in [6.07, 6.45) is 2.83. The summed E-state index contributed by atoms with van der Waals surface area (Å²) < 4.78 is 0. The van der Waals surface area contributed by atoms with E-state index >= 15 is 0 Å². The van der Waals surface area contributed by atoms with E-state index in [9.17, 15) is 0 Å². The summed E-state index contributed by atoms with van der Waals surface area (Å²) in [5, 5.41) is 3.95. The van der Waals surface area contributed by atoms with E-state index in [-0.39, 0.29) is 6.04 Å². The second-order valence-corrected chi connectivity index (χ2v) is 4.71. The van der Waals surface area contributed by atoms with Crippen LogP contribution in [0.1, 0.15) is 24.9 Å². The Bertz CT molecular complexity index is 367. The summed E-state index contributed by atoms with van der Waals surface area (Å²) in [6, 6.07) is 2.20. The standard InChI is InChI=1S/C11H16ClN3/c1-6-3-8(6)10(14-2)9-4-7(12)5-15-11(9)13/h4-6,8,10,14H,3H2,1-2H3,(H2,13,15). The van der Waals surface area contributed by atoms with Crippen molar-refractivity contribution in [1.29, 1.82) is 0 Å². The molecule has 0 aromatic carbocycles. The summed E-state index contributed by atoms with van der Waals surface area (Å²) in [4.78, 5) is 4.09. The van der Waals surface area contributed by atoms with Crippen LogP contribution in [0, 0.1) is 11.8 Å². The molecule has 0 bridgehead atoms. The molecule has 0 amide bonds. The van der Waals surface area contributed by atoms with Crippen molar-refractivity contribution in [2.75, 3.05) is 12.8 Å². The van der Waals surface area contributed by atoms with Crippen molar-refractivity contribution in [2.24, 2.45) is 11.8 Å². The largest absolute Gasteiger partial charge is 0.383 e. The predicted molar refractivity (Wildman–Crippen MR) is 62.7 cm³/mol. The number of hydrogen-bond donors (Lipinski definition) is 2. The summed E-state index contributed by atoms with van der Waals surface area (Å²) in [5.41, 5.74) is 6.89. The topological polar surface area (TPSA) is 50.9 Å². The van der Waals surface area contributed by atoms with Gasteiger partial charge in [0.15, 0.2) is 0 Å². The fourth-order valence-corrected chi connectivity index (χ4v) is 2.30. The molecule has 1 aromatic rings. The second-order valence-electron chi connectivity index (χ2n) is 4.27. The molecule has 1 saturated carbocycles. The lowest BCUT2D eigenvalue weighted by atomic mass is 10.0.